The van der Waals surface area contributed by atoms with Crippen molar-refractivity contribution >= 4 is 23.5 Å². The summed E-state index contributed by atoms with van der Waals surface area (Å²) in [5, 5.41) is 22.2. The standard InChI is InChI=1S/C11H13ClN2O5/c1-18-10-6-9(14(16)17)8(7-13-15)5-11(10)19-4-2-3-12/h5-7,15H,2-4H2,1H3. The second-order valence-electron chi connectivity index (χ2n) is 3.45. The minimum absolute atomic E-state index is 0.120. The van der Waals surface area contributed by atoms with Crippen molar-refractivity contribution in [3.05, 3.63) is 27.8 Å². The molecule has 0 atom stereocenters. The van der Waals surface area contributed by atoms with E-state index in [0.717, 1.165) is 6.21 Å². The summed E-state index contributed by atoms with van der Waals surface area (Å²) in [4.78, 5) is 10.3. The van der Waals surface area contributed by atoms with Crippen LogP contribution in [0.5, 0.6) is 11.5 Å². The van der Waals surface area contributed by atoms with Crippen LogP contribution in [-0.4, -0.2) is 35.9 Å². The van der Waals surface area contributed by atoms with Crippen LogP contribution in [0.25, 0.3) is 0 Å². The molecule has 0 amide bonds. The molecule has 8 heteroatoms. The van der Waals surface area contributed by atoms with Gasteiger partial charge in [0.25, 0.3) is 5.69 Å². The number of oxime groups is 1. The topological polar surface area (TPSA) is 94.2 Å². The molecule has 0 spiro atoms. The second kappa shape index (κ2) is 7.42. The summed E-state index contributed by atoms with van der Waals surface area (Å²) in [5.41, 5.74) is -0.117. The summed E-state index contributed by atoms with van der Waals surface area (Å²) in [7, 11) is 1.38. The van der Waals surface area contributed by atoms with Crippen molar-refractivity contribution in [2.45, 2.75) is 6.42 Å². The van der Waals surface area contributed by atoms with E-state index < -0.39 is 4.92 Å². The average Bonchev–Trinajstić information content (AvgIpc) is 2.39. The van der Waals surface area contributed by atoms with Gasteiger partial charge in [-0.1, -0.05) is 5.16 Å². The van der Waals surface area contributed by atoms with Gasteiger partial charge in [-0.05, 0) is 12.5 Å². The van der Waals surface area contributed by atoms with E-state index in [4.69, 9.17) is 26.3 Å². The van der Waals surface area contributed by atoms with Gasteiger partial charge in [-0.25, -0.2) is 0 Å². The smallest absolute Gasteiger partial charge is 0.282 e. The maximum Gasteiger partial charge on any atom is 0.282 e. The Morgan fingerprint density at radius 2 is 2.26 bits per heavy atom. The van der Waals surface area contributed by atoms with Crippen molar-refractivity contribution in [3.8, 4) is 11.5 Å². The van der Waals surface area contributed by atoms with Gasteiger partial charge < -0.3 is 14.7 Å². The number of hydrogen-bond donors (Lipinski definition) is 1. The zero-order valence-corrected chi connectivity index (χ0v) is 11.0. The van der Waals surface area contributed by atoms with Gasteiger partial charge in [0.2, 0.25) is 0 Å². The van der Waals surface area contributed by atoms with Gasteiger partial charge >= 0.3 is 0 Å². The van der Waals surface area contributed by atoms with E-state index in [1.807, 2.05) is 0 Å². The molecule has 0 aliphatic rings. The lowest BCUT2D eigenvalue weighted by Crippen LogP contribution is -2.03. The van der Waals surface area contributed by atoms with Crippen molar-refractivity contribution in [2.24, 2.45) is 5.16 Å². The Kier molecular flexibility index (Phi) is 5.87. The summed E-state index contributed by atoms with van der Waals surface area (Å²) < 4.78 is 10.4. The van der Waals surface area contributed by atoms with Crippen molar-refractivity contribution in [3.63, 3.8) is 0 Å². The van der Waals surface area contributed by atoms with Crippen molar-refractivity contribution in [1.29, 1.82) is 0 Å². The van der Waals surface area contributed by atoms with Crippen LogP contribution in [-0.2, 0) is 0 Å². The SMILES string of the molecule is COc1cc([N+](=O)[O-])c(C=NO)cc1OCCCCl. The Balaban J connectivity index is 3.15. The summed E-state index contributed by atoms with van der Waals surface area (Å²) in [6.45, 7) is 0.355. The summed E-state index contributed by atoms with van der Waals surface area (Å²) >= 11 is 5.53. The molecule has 0 saturated heterocycles. The van der Waals surface area contributed by atoms with Crippen LogP contribution in [0.2, 0.25) is 0 Å². The molecule has 1 N–H and O–H groups in total. The number of benzene rings is 1. The minimum atomic E-state index is -0.595. The van der Waals surface area contributed by atoms with Crippen LogP contribution in [0.3, 0.4) is 0 Å². The molecule has 1 aromatic rings. The number of nitrogens with zero attached hydrogens (tertiary/aromatic N) is 2. The minimum Gasteiger partial charge on any atom is -0.493 e. The van der Waals surface area contributed by atoms with Crippen molar-refractivity contribution in [2.75, 3.05) is 19.6 Å². The number of nitro groups is 1. The summed E-state index contributed by atoms with van der Waals surface area (Å²) in [6, 6.07) is 2.60. The first-order chi connectivity index (χ1) is 9.13. The van der Waals surface area contributed by atoms with Gasteiger partial charge in [0.15, 0.2) is 11.5 Å². The molecule has 1 aromatic carbocycles. The predicted octanol–water partition coefficient (Wildman–Crippen LogP) is 2.42. The van der Waals surface area contributed by atoms with Crippen LogP contribution in [0.1, 0.15) is 12.0 Å². The Morgan fingerprint density at radius 1 is 1.53 bits per heavy atom. The van der Waals surface area contributed by atoms with E-state index in [2.05, 4.69) is 5.16 Å². The number of halogens is 1. The second-order valence-corrected chi connectivity index (χ2v) is 3.83. The maximum atomic E-state index is 10.9. The van der Waals surface area contributed by atoms with Gasteiger partial charge in [-0.15, -0.1) is 11.6 Å². The molecule has 0 aromatic heterocycles. The van der Waals surface area contributed by atoms with Crippen molar-refractivity contribution in [1.82, 2.24) is 0 Å². The van der Waals surface area contributed by atoms with Crippen LogP contribution in [0.15, 0.2) is 17.3 Å². The number of methoxy groups -OCH3 is 1. The van der Waals surface area contributed by atoms with E-state index in [0.29, 0.717) is 24.7 Å². The highest BCUT2D eigenvalue weighted by atomic mass is 35.5. The molecular formula is C11H13ClN2O5. The van der Waals surface area contributed by atoms with E-state index >= 15 is 0 Å². The molecule has 19 heavy (non-hydrogen) atoms. The van der Waals surface area contributed by atoms with E-state index in [1.54, 1.807) is 0 Å². The van der Waals surface area contributed by atoms with Gasteiger partial charge in [-0.2, -0.15) is 0 Å². The van der Waals surface area contributed by atoms with Crippen molar-refractivity contribution < 1.29 is 19.6 Å². The van der Waals surface area contributed by atoms with Crippen LogP contribution < -0.4 is 9.47 Å². The van der Waals surface area contributed by atoms with E-state index in [-0.39, 0.29) is 17.0 Å². The van der Waals surface area contributed by atoms with Gasteiger partial charge in [0.05, 0.1) is 36.5 Å². The third kappa shape index (κ3) is 3.99. The molecule has 0 heterocycles. The van der Waals surface area contributed by atoms with E-state index in [1.165, 1.54) is 19.2 Å². The molecule has 104 valence electrons. The largest absolute Gasteiger partial charge is 0.493 e. The lowest BCUT2D eigenvalue weighted by Gasteiger charge is -2.11. The third-order valence-electron chi connectivity index (χ3n) is 2.24. The lowest BCUT2D eigenvalue weighted by atomic mass is 10.1. The summed E-state index contributed by atoms with van der Waals surface area (Å²) in [6.07, 6.45) is 1.59. The normalized spacial score (nSPS) is 10.6. The fourth-order valence-electron chi connectivity index (χ4n) is 1.40. The Labute approximate surface area is 114 Å². The first kappa shape index (κ1) is 15.0. The number of alkyl halides is 1. The number of ether oxygens (including phenoxy) is 2. The molecule has 7 nitrogen and oxygen atoms in total. The fraction of sp³-hybridized carbons (Fsp3) is 0.364. The van der Waals surface area contributed by atoms with Gasteiger partial charge in [0, 0.05) is 5.88 Å². The molecule has 0 radical (unpaired) electrons. The Bertz CT molecular complexity index is 478. The zero-order chi connectivity index (χ0) is 14.3. The number of nitro benzene ring substituents is 1. The zero-order valence-electron chi connectivity index (χ0n) is 10.2. The lowest BCUT2D eigenvalue weighted by molar-refractivity contribution is -0.385. The van der Waals surface area contributed by atoms with Gasteiger partial charge in [-0.3, -0.25) is 10.1 Å². The molecule has 0 unspecified atom stereocenters. The molecule has 0 aliphatic heterocycles. The number of rotatable bonds is 7. The highest BCUT2D eigenvalue weighted by molar-refractivity contribution is 6.17. The highest BCUT2D eigenvalue weighted by Crippen LogP contribution is 2.34. The average molecular weight is 289 g/mol. The first-order valence-electron chi connectivity index (χ1n) is 5.36. The molecular weight excluding hydrogens is 276 g/mol. The van der Waals surface area contributed by atoms with E-state index in [9.17, 15) is 10.1 Å². The van der Waals surface area contributed by atoms with Crippen LogP contribution >= 0.6 is 11.6 Å². The van der Waals surface area contributed by atoms with Gasteiger partial charge in [0.1, 0.15) is 0 Å². The maximum absolute atomic E-state index is 10.9. The van der Waals surface area contributed by atoms with Crippen LogP contribution in [0.4, 0.5) is 5.69 Å². The molecule has 1 rings (SSSR count). The predicted molar refractivity (Wildman–Crippen MR) is 69.9 cm³/mol. The summed E-state index contributed by atoms with van der Waals surface area (Å²) in [5.74, 6) is 1.00. The number of hydrogen-bond acceptors (Lipinski definition) is 6. The van der Waals surface area contributed by atoms with Crippen LogP contribution in [0, 0.1) is 10.1 Å². The first-order valence-corrected chi connectivity index (χ1v) is 5.90. The fourth-order valence-corrected chi connectivity index (χ4v) is 1.51. The molecule has 0 bridgehead atoms. The molecule has 0 fully saturated rings. The Morgan fingerprint density at radius 3 is 2.79 bits per heavy atom. The molecule has 0 saturated carbocycles. The monoisotopic (exact) mass is 288 g/mol. The Hall–Kier alpha value is -2.02. The quantitative estimate of drug-likeness (QED) is 0.208. The highest BCUT2D eigenvalue weighted by Gasteiger charge is 2.18. The molecule has 0 aliphatic carbocycles. The third-order valence-corrected chi connectivity index (χ3v) is 2.51.